The first-order chi connectivity index (χ1) is 11.5. The van der Waals surface area contributed by atoms with Crippen LogP contribution in [-0.4, -0.2) is 33.0 Å². The van der Waals surface area contributed by atoms with Crippen LogP contribution in [0.25, 0.3) is 23.1 Å². The quantitative estimate of drug-likeness (QED) is 0.799. The van der Waals surface area contributed by atoms with Gasteiger partial charge < -0.3 is 9.88 Å². The van der Waals surface area contributed by atoms with E-state index in [9.17, 15) is 4.79 Å². The summed E-state index contributed by atoms with van der Waals surface area (Å²) in [7, 11) is 2.01. The molecule has 1 N–H and O–H groups in total. The molecule has 122 valence electrons. The van der Waals surface area contributed by atoms with Gasteiger partial charge in [-0.25, -0.2) is 9.97 Å². The highest BCUT2D eigenvalue weighted by Crippen LogP contribution is 2.13. The Hall–Kier alpha value is -3.02. The van der Waals surface area contributed by atoms with E-state index in [0.29, 0.717) is 22.8 Å². The number of hydrogen-bond acceptors (Lipinski definition) is 5. The number of H-pyrrole nitrogens is 1. The predicted octanol–water partition coefficient (Wildman–Crippen LogP) is 2.73. The number of nitrogens with zero attached hydrogens (tertiary/aromatic N) is 4. The molecule has 24 heavy (non-hydrogen) atoms. The van der Waals surface area contributed by atoms with Gasteiger partial charge in [0.25, 0.3) is 5.56 Å². The van der Waals surface area contributed by atoms with Gasteiger partial charge in [0.15, 0.2) is 0 Å². The first-order valence-electron chi connectivity index (χ1n) is 7.75. The Kier molecular flexibility index (Phi) is 4.37. The van der Waals surface area contributed by atoms with Crippen molar-refractivity contribution in [1.29, 1.82) is 0 Å². The molecule has 0 unspecified atom stereocenters. The summed E-state index contributed by atoms with van der Waals surface area (Å²) in [6, 6.07) is 6.00. The molecule has 0 spiro atoms. The molecular formula is C18H19N5O. The van der Waals surface area contributed by atoms with Gasteiger partial charge in [-0.05, 0) is 49.8 Å². The van der Waals surface area contributed by atoms with Crippen molar-refractivity contribution in [2.24, 2.45) is 0 Å². The molecule has 0 bridgehead atoms. The maximum atomic E-state index is 12.0. The van der Waals surface area contributed by atoms with Crippen LogP contribution in [0, 0.1) is 0 Å². The first-order valence-corrected chi connectivity index (χ1v) is 7.75. The van der Waals surface area contributed by atoms with E-state index in [1.54, 1.807) is 30.7 Å². The predicted molar refractivity (Wildman–Crippen MR) is 96.9 cm³/mol. The summed E-state index contributed by atoms with van der Waals surface area (Å²) in [6.07, 6.45) is 8.59. The van der Waals surface area contributed by atoms with Gasteiger partial charge in [0.1, 0.15) is 11.6 Å². The average molecular weight is 321 g/mol. The molecule has 0 aromatic carbocycles. The van der Waals surface area contributed by atoms with Crippen LogP contribution in [0.4, 0.5) is 5.82 Å². The largest absolute Gasteiger partial charge is 0.357 e. The highest BCUT2D eigenvalue weighted by molar-refractivity contribution is 5.78. The number of nitrogens with one attached hydrogen (secondary N) is 1. The van der Waals surface area contributed by atoms with Gasteiger partial charge in [-0.15, -0.1) is 0 Å². The van der Waals surface area contributed by atoms with E-state index in [1.165, 1.54) is 0 Å². The number of hydrogen-bond donors (Lipinski definition) is 1. The van der Waals surface area contributed by atoms with Crippen LogP contribution in [0.15, 0.2) is 41.6 Å². The van der Waals surface area contributed by atoms with Crippen LogP contribution < -0.4 is 10.5 Å². The molecule has 3 heterocycles. The number of aromatic amines is 1. The molecular weight excluding hydrogens is 302 g/mol. The van der Waals surface area contributed by atoms with Gasteiger partial charge in [-0.1, -0.05) is 0 Å². The molecule has 0 atom stereocenters. The van der Waals surface area contributed by atoms with Crippen LogP contribution in [0.2, 0.25) is 0 Å². The van der Waals surface area contributed by atoms with Crippen molar-refractivity contribution >= 4 is 28.9 Å². The van der Waals surface area contributed by atoms with Gasteiger partial charge in [0.2, 0.25) is 0 Å². The average Bonchev–Trinajstić information content (AvgIpc) is 2.60. The maximum absolute atomic E-state index is 12.0. The van der Waals surface area contributed by atoms with Crippen LogP contribution in [0.3, 0.4) is 0 Å². The van der Waals surface area contributed by atoms with E-state index in [1.807, 2.05) is 25.3 Å². The fourth-order valence-electron chi connectivity index (χ4n) is 2.23. The third-order valence-corrected chi connectivity index (χ3v) is 3.87. The summed E-state index contributed by atoms with van der Waals surface area (Å²) >= 11 is 0. The Morgan fingerprint density at radius 3 is 2.71 bits per heavy atom. The van der Waals surface area contributed by atoms with Gasteiger partial charge in [-0.2, -0.15) is 0 Å². The first kappa shape index (κ1) is 15.9. The lowest BCUT2D eigenvalue weighted by molar-refractivity contribution is 0.743. The summed E-state index contributed by atoms with van der Waals surface area (Å²) in [5.41, 5.74) is 1.34. The van der Waals surface area contributed by atoms with Crippen molar-refractivity contribution in [2.75, 3.05) is 11.9 Å². The van der Waals surface area contributed by atoms with Crippen molar-refractivity contribution < 1.29 is 0 Å². The Balaban J connectivity index is 1.84. The highest BCUT2D eigenvalue weighted by Gasteiger charge is 2.05. The minimum absolute atomic E-state index is 0.172. The van der Waals surface area contributed by atoms with Crippen molar-refractivity contribution in [2.45, 2.75) is 19.9 Å². The molecule has 0 saturated heterocycles. The van der Waals surface area contributed by atoms with Crippen molar-refractivity contribution in [1.82, 2.24) is 19.9 Å². The van der Waals surface area contributed by atoms with Gasteiger partial charge >= 0.3 is 0 Å². The van der Waals surface area contributed by atoms with Crippen LogP contribution in [0.5, 0.6) is 0 Å². The standard InChI is InChI=1S/C18H19N5O/c1-12(2)23(3)17-7-5-13(10-20-17)4-6-16-21-15-11-19-9-8-14(15)18(24)22-16/h4-12H,1-3H3,(H,21,22,24)/b6-4+. The van der Waals surface area contributed by atoms with E-state index in [0.717, 1.165) is 11.4 Å². The molecule has 6 heteroatoms. The summed E-state index contributed by atoms with van der Waals surface area (Å²) < 4.78 is 0. The molecule has 6 nitrogen and oxygen atoms in total. The molecule has 0 saturated carbocycles. The Morgan fingerprint density at radius 2 is 2.00 bits per heavy atom. The Bertz CT molecular complexity index is 928. The number of fused-ring (bicyclic) bond motifs is 1. The maximum Gasteiger partial charge on any atom is 0.259 e. The molecule has 0 aliphatic heterocycles. The van der Waals surface area contributed by atoms with Crippen LogP contribution in [-0.2, 0) is 0 Å². The molecule has 0 radical (unpaired) electrons. The number of rotatable bonds is 4. The Labute approximate surface area is 139 Å². The van der Waals surface area contributed by atoms with Crippen molar-refractivity contribution in [3.63, 3.8) is 0 Å². The van der Waals surface area contributed by atoms with E-state index in [4.69, 9.17) is 0 Å². The second kappa shape index (κ2) is 6.62. The molecule has 0 aliphatic rings. The molecule has 3 aromatic heterocycles. The fraction of sp³-hybridized carbons (Fsp3) is 0.222. The smallest absolute Gasteiger partial charge is 0.259 e. The zero-order valence-electron chi connectivity index (χ0n) is 13.9. The number of pyridine rings is 2. The lowest BCUT2D eigenvalue weighted by Gasteiger charge is -2.22. The van der Waals surface area contributed by atoms with Crippen molar-refractivity contribution in [3.8, 4) is 0 Å². The topological polar surface area (TPSA) is 74.8 Å². The molecule has 0 aliphatic carbocycles. The van der Waals surface area contributed by atoms with Gasteiger partial charge in [0.05, 0.1) is 17.1 Å². The van der Waals surface area contributed by atoms with E-state index in [-0.39, 0.29) is 5.56 Å². The minimum Gasteiger partial charge on any atom is -0.357 e. The Morgan fingerprint density at radius 1 is 1.17 bits per heavy atom. The van der Waals surface area contributed by atoms with E-state index in [2.05, 4.69) is 38.7 Å². The number of anilines is 1. The molecule has 0 fully saturated rings. The van der Waals surface area contributed by atoms with E-state index < -0.39 is 0 Å². The fourth-order valence-corrected chi connectivity index (χ4v) is 2.23. The van der Waals surface area contributed by atoms with Gasteiger partial charge in [0, 0.05) is 25.5 Å². The normalized spacial score (nSPS) is 11.5. The lowest BCUT2D eigenvalue weighted by atomic mass is 10.2. The third-order valence-electron chi connectivity index (χ3n) is 3.87. The van der Waals surface area contributed by atoms with Crippen LogP contribution >= 0.6 is 0 Å². The van der Waals surface area contributed by atoms with Crippen molar-refractivity contribution in [3.05, 3.63) is 58.5 Å². The zero-order valence-corrected chi connectivity index (χ0v) is 13.9. The third kappa shape index (κ3) is 3.32. The summed E-state index contributed by atoms with van der Waals surface area (Å²) in [4.78, 5) is 29.7. The second-order valence-electron chi connectivity index (χ2n) is 5.83. The molecule has 3 rings (SSSR count). The summed E-state index contributed by atoms with van der Waals surface area (Å²) in [6.45, 7) is 4.23. The highest BCUT2D eigenvalue weighted by atomic mass is 16.1. The minimum atomic E-state index is -0.172. The van der Waals surface area contributed by atoms with E-state index >= 15 is 0 Å². The molecule has 3 aromatic rings. The SMILES string of the molecule is CC(C)N(C)c1ccc(/C=C/c2nc3cnccc3c(=O)[nH]2)cn1. The lowest BCUT2D eigenvalue weighted by Crippen LogP contribution is -2.26. The monoisotopic (exact) mass is 321 g/mol. The van der Waals surface area contributed by atoms with Crippen LogP contribution in [0.1, 0.15) is 25.2 Å². The second-order valence-corrected chi connectivity index (χ2v) is 5.83. The zero-order chi connectivity index (χ0) is 17.1. The number of aromatic nitrogens is 4. The molecule has 0 amide bonds. The summed E-state index contributed by atoms with van der Waals surface area (Å²) in [5.74, 6) is 1.41. The summed E-state index contributed by atoms with van der Waals surface area (Å²) in [5, 5.41) is 0.532. The van der Waals surface area contributed by atoms with Gasteiger partial charge in [-0.3, -0.25) is 9.78 Å².